The van der Waals surface area contributed by atoms with Crippen LogP contribution >= 0.6 is 11.5 Å². The molecule has 1 aromatic heterocycles. The van der Waals surface area contributed by atoms with Gasteiger partial charge < -0.3 is 11.1 Å². The summed E-state index contributed by atoms with van der Waals surface area (Å²) in [5.41, 5.74) is 7.32. The number of nitrogens with two attached hydrogens (primary N) is 1. The molecule has 0 amide bonds. The molecular formula is C13H14N4S. The Morgan fingerprint density at radius 2 is 2.17 bits per heavy atom. The number of nitrogen functional groups attached to an aromatic ring is 1. The van der Waals surface area contributed by atoms with E-state index >= 15 is 0 Å². The first kappa shape index (κ1) is 12.4. The number of benzene rings is 1. The molecule has 2 rings (SSSR count). The minimum atomic E-state index is 0.303. The summed E-state index contributed by atoms with van der Waals surface area (Å²) in [6.07, 6.45) is 0. The Labute approximate surface area is 110 Å². The third kappa shape index (κ3) is 2.60. The van der Waals surface area contributed by atoms with Crippen LogP contribution < -0.4 is 11.1 Å². The molecule has 1 heterocycles. The molecule has 1 atom stereocenters. The largest absolute Gasteiger partial charge is 0.382 e. The monoisotopic (exact) mass is 258 g/mol. The fourth-order valence-corrected chi connectivity index (χ4v) is 2.35. The quantitative estimate of drug-likeness (QED) is 0.884. The third-order valence-corrected chi connectivity index (χ3v) is 3.59. The molecule has 18 heavy (non-hydrogen) atoms. The molecule has 4 nitrogen and oxygen atoms in total. The van der Waals surface area contributed by atoms with Gasteiger partial charge in [-0.15, -0.1) is 0 Å². The van der Waals surface area contributed by atoms with Gasteiger partial charge in [0.05, 0.1) is 0 Å². The maximum Gasteiger partial charge on any atom is 0.157 e. The van der Waals surface area contributed by atoms with Crippen LogP contribution in [0.2, 0.25) is 0 Å². The Hall–Kier alpha value is -2.06. The van der Waals surface area contributed by atoms with Crippen molar-refractivity contribution in [2.24, 2.45) is 0 Å². The number of nitriles is 1. The molecule has 2 aromatic rings. The van der Waals surface area contributed by atoms with E-state index in [1.165, 1.54) is 17.1 Å². The second-order valence-electron chi connectivity index (χ2n) is 4.08. The predicted octanol–water partition coefficient (Wildman–Crippen LogP) is 2.81. The Bertz CT molecular complexity index is 556. The zero-order chi connectivity index (χ0) is 13.0. The highest BCUT2D eigenvalue weighted by molar-refractivity contribution is 7.10. The smallest absolute Gasteiger partial charge is 0.157 e. The molecular weight excluding hydrogens is 244 g/mol. The molecule has 1 aromatic carbocycles. The molecule has 3 N–H and O–H groups in total. The van der Waals surface area contributed by atoms with Crippen molar-refractivity contribution in [3.05, 3.63) is 41.5 Å². The number of hydrogen-bond acceptors (Lipinski definition) is 5. The van der Waals surface area contributed by atoms with Gasteiger partial charge in [0.25, 0.3) is 0 Å². The maximum atomic E-state index is 8.97. The molecule has 0 spiro atoms. The van der Waals surface area contributed by atoms with Gasteiger partial charge in [0.1, 0.15) is 16.6 Å². The molecule has 0 bridgehead atoms. The predicted molar refractivity (Wildman–Crippen MR) is 74.6 cm³/mol. The number of nitrogens with zero attached hydrogens (tertiary/aromatic N) is 2. The van der Waals surface area contributed by atoms with Crippen LogP contribution in [0.4, 0.5) is 10.8 Å². The fraction of sp³-hybridized carbons (Fsp3) is 0.231. The van der Waals surface area contributed by atoms with E-state index < -0.39 is 0 Å². The molecule has 0 saturated carbocycles. The lowest BCUT2D eigenvalue weighted by atomic mass is 10.0. The van der Waals surface area contributed by atoms with Crippen molar-refractivity contribution in [3.63, 3.8) is 0 Å². The van der Waals surface area contributed by atoms with Crippen molar-refractivity contribution in [1.82, 2.24) is 4.37 Å². The number of hydrogen-bond donors (Lipinski definition) is 2. The van der Waals surface area contributed by atoms with Crippen LogP contribution in [0.1, 0.15) is 24.0 Å². The molecule has 0 aliphatic carbocycles. The Morgan fingerprint density at radius 1 is 1.44 bits per heavy atom. The topological polar surface area (TPSA) is 74.7 Å². The van der Waals surface area contributed by atoms with Crippen LogP contribution in [0.5, 0.6) is 0 Å². The van der Waals surface area contributed by atoms with Gasteiger partial charge in [0.15, 0.2) is 5.82 Å². The van der Waals surface area contributed by atoms with E-state index in [1.54, 1.807) is 0 Å². The van der Waals surface area contributed by atoms with E-state index in [0.29, 0.717) is 17.3 Å². The highest BCUT2D eigenvalue weighted by Gasteiger charge is 2.12. The summed E-state index contributed by atoms with van der Waals surface area (Å²) >= 11 is 1.23. The van der Waals surface area contributed by atoms with Crippen LogP contribution in [0.3, 0.4) is 0 Å². The minimum absolute atomic E-state index is 0.303. The lowest BCUT2D eigenvalue weighted by molar-refractivity contribution is 0.806. The number of anilines is 2. The van der Waals surface area contributed by atoms with Gasteiger partial charge >= 0.3 is 0 Å². The molecule has 5 heteroatoms. The summed E-state index contributed by atoms with van der Waals surface area (Å²) in [6.45, 7) is 2.89. The lowest BCUT2D eigenvalue weighted by Crippen LogP contribution is -2.09. The Morgan fingerprint density at radius 3 is 2.83 bits per heavy atom. The van der Waals surface area contributed by atoms with Crippen molar-refractivity contribution in [2.75, 3.05) is 17.6 Å². The number of nitrogens with one attached hydrogen (secondary N) is 1. The summed E-state index contributed by atoms with van der Waals surface area (Å²) in [6, 6.07) is 12.3. The van der Waals surface area contributed by atoms with Crippen molar-refractivity contribution in [1.29, 1.82) is 5.26 Å². The van der Waals surface area contributed by atoms with Crippen LogP contribution in [-0.2, 0) is 0 Å². The number of aromatic nitrogens is 1. The lowest BCUT2D eigenvalue weighted by Gasteiger charge is -2.12. The molecule has 0 aliphatic rings. The van der Waals surface area contributed by atoms with Gasteiger partial charge in [-0.3, -0.25) is 0 Å². The standard InChI is InChI=1S/C13H14N4S/c1-9(10-5-3-2-4-6-10)8-16-13-11(7-14)12(15)17-18-13/h2-6,9,16H,8H2,1H3,(H2,15,17). The highest BCUT2D eigenvalue weighted by atomic mass is 32.1. The van der Waals surface area contributed by atoms with Crippen molar-refractivity contribution < 1.29 is 0 Å². The highest BCUT2D eigenvalue weighted by Crippen LogP contribution is 2.26. The molecule has 0 saturated heterocycles. The average molecular weight is 258 g/mol. The van der Waals surface area contributed by atoms with Gasteiger partial charge in [-0.2, -0.15) is 9.64 Å². The van der Waals surface area contributed by atoms with Gasteiger partial charge in [-0.25, -0.2) is 0 Å². The number of rotatable bonds is 4. The first-order chi connectivity index (χ1) is 8.72. The Balaban J connectivity index is 2.02. The normalized spacial score (nSPS) is 11.8. The maximum absolute atomic E-state index is 8.97. The molecule has 0 fully saturated rings. The van der Waals surface area contributed by atoms with Crippen LogP contribution in [0, 0.1) is 11.3 Å². The van der Waals surface area contributed by atoms with Crippen molar-refractivity contribution in [2.45, 2.75) is 12.8 Å². The van der Waals surface area contributed by atoms with E-state index in [2.05, 4.69) is 34.8 Å². The zero-order valence-electron chi connectivity index (χ0n) is 10.1. The van der Waals surface area contributed by atoms with Crippen LogP contribution in [-0.4, -0.2) is 10.9 Å². The summed E-state index contributed by atoms with van der Waals surface area (Å²) in [5, 5.41) is 13.0. The minimum Gasteiger partial charge on any atom is -0.382 e. The first-order valence-electron chi connectivity index (χ1n) is 5.66. The zero-order valence-corrected chi connectivity index (χ0v) is 10.9. The van der Waals surface area contributed by atoms with Gasteiger partial charge in [-0.1, -0.05) is 37.3 Å². The molecule has 0 radical (unpaired) electrons. The van der Waals surface area contributed by atoms with Crippen molar-refractivity contribution >= 4 is 22.4 Å². The van der Waals surface area contributed by atoms with Gasteiger partial charge in [-0.05, 0) is 23.0 Å². The SMILES string of the molecule is CC(CNc1snc(N)c1C#N)c1ccccc1. The third-order valence-electron chi connectivity index (χ3n) is 2.77. The summed E-state index contributed by atoms with van der Waals surface area (Å²) < 4.78 is 3.97. The van der Waals surface area contributed by atoms with E-state index in [-0.39, 0.29) is 0 Å². The van der Waals surface area contributed by atoms with E-state index in [4.69, 9.17) is 11.0 Å². The summed E-state index contributed by atoms with van der Waals surface area (Å²) in [4.78, 5) is 0. The Kier molecular flexibility index (Phi) is 3.80. The second kappa shape index (κ2) is 5.52. The summed E-state index contributed by atoms with van der Waals surface area (Å²) in [5.74, 6) is 0.665. The van der Waals surface area contributed by atoms with E-state index in [0.717, 1.165) is 11.5 Å². The van der Waals surface area contributed by atoms with Gasteiger partial charge in [0, 0.05) is 6.54 Å². The second-order valence-corrected chi connectivity index (χ2v) is 4.85. The molecule has 0 aliphatic heterocycles. The molecule has 1 unspecified atom stereocenters. The summed E-state index contributed by atoms with van der Waals surface area (Å²) in [7, 11) is 0. The average Bonchev–Trinajstić information content (AvgIpc) is 2.77. The van der Waals surface area contributed by atoms with E-state index in [9.17, 15) is 0 Å². The van der Waals surface area contributed by atoms with Crippen LogP contribution in [0.15, 0.2) is 30.3 Å². The fourth-order valence-electron chi connectivity index (χ4n) is 1.68. The van der Waals surface area contributed by atoms with Gasteiger partial charge in [0.2, 0.25) is 0 Å². The van der Waals surface area contributed by atoms with Crippen molar-refractivity contribution in [3.8, 4) is 6.07 Å². The van der Waals surface area contributed by atoms with Crippen LogP contribution in [0.25, 0.3) is 0 Å². The molecule has 92 valence electrons. The first-order valence-corrected chi connectivity index (χ1v) is 6.43. The van der Waals surface area contributed by atoms with E-state index in [1.807, 2.05) is 18.2 Å².